The topological polar surface area (TPSA) is 55.8 Å². The van der Waals surface area contributed by atoms with Gasteiger partial charge in [0.1, 0.15) is 5.75 Å². The number of para-hydroxylation sites is 1. The van der Waals surface area contributed by atoms with Crippen molar-refractivity contribution < 1.29 is 17.3 Å². The van der Waals surface area contributed by atoms with E-state index in [1.165, 1.54) is 0 Å². The van der Waals surface area contributed by atoms with Crippen LogP contribution in [0.25, 0.3) is 0 Å². The minimum absolute atomic E-state index is 0.0710. The maximum atomic E-state index is 12.2. The highest BCUT2D eigenvalue weighted by Gasteiger charge is 2.16. The molecule has 130 valence electrons. The van der Waals surface area contributed by atoms with Crippen LogP contribution < -0.4 is 4.18 Å². The molecule has 24 heavy (non-hydrogen) atoms. The fourth-order valence-corrected chi connectivity index (χ4v) is 3.21. The molecule has 0 N–H and O–H groups in total. The lowest BCUT2D eigenvalue weighted by Gasteiger charge is -2.22. The fraction of sp³-hybridized carbons (Fsp3) is 0.333. The summed E-state index contributed by atoms with van der Waals surface area (Å²) in [7, 11) is -1.99. The molecule has 0 spiro atoms. The third kappa shape index (κ3) is 6.70. The molecule has 0 aliphatic rings. The SMILES string of the molecule is COCCN(CCS(=O)(=O)Oc1ccccc1)Cc1ccccc1. The van der Waals surface area contributed by atoms with Gasteiger partial charge in [0.05, 0.1) is 12.4 Å². The van der Waals surface area contributed by atoms with E-state index in [-0.39, 0.29) is 5.75 Å². The van der Waals surface area contributed by atoms with Crippen molar-refractivity contribution in [3.8, 4) is 5.75 Å². The Kier molecular flexibility index (Phi) is 7.24. The van der Waals surface area contributed by atoms with Gasteiger partial charge in [0.2, 0.25) is 0 Å². The summed E-state index contributed by atoms with van der Waals surface area (Å²) in [5.74, 6) is 0.266. The first-order chi connectivity index (χ1) is 11.6. The van der Waals surface area contributed by atoms with Crippen LogP contribution in [-0.4, -0.2) is 45.9 Å². The second-order valence-electron chi connectivity index (χ2n) is 5.41. The Labute approximate surface area is 143 Å². The molecule has 0 fully saturated rings. The Hall–Kier alpha value is -1.89. The zero-order chi connectivity index (χ0) is 17.3. The maximum absolute atomic E-state index is 12.2. The van der Waals surface area contributed by atoms with Crippen LogP contribution in [0.4, 0.5) is 0 Å². The smallest absolute Gasteiger partial charge is 0.310 e. The lowest BCUT2D eigenvalue weighted by molar-refractivity contribution is 0.147. The van der Waals surface area contributed by atoms with Crippen molar-refractivity contribution in [2.45, 2.75) is 6.54 Å². The minimum atomic E-state index is -3.63. The molecular weight excluding hydrogens is 326 g/mol. The van der Waals surface area contributed by atoms with Crippen molar-refractivity contribution in [3.05, 3.63) is 66.2 Å². The number of rotatable bonds is 10. The zero-order valence-corrected chi connectivity index (χ0v) is 14.6. The van der Waals surface area contributed by atoms with Gasteiger partial charge >= 0.3 is 10.1 Å². The van der Waals surface area contributed by atoms with Gasteiger partial charge in [0.15, 0.2) is 0 Å². The maximum Gasteiger partial charge on any atom is 0.310 e. The average molecular weight is 349 g/mol. The van der Waals surface area contributed by atoms with Gasteiger partial charge in [0, 0.05) is 26.7 Å². The lowest BCUT2D eigenvalue weighted by Crippen LogP contribution is -2.33. The third-order valence-corrected chi connectivity index (χ3v) is 4.61. The monoisotopic (exact) mass is 349 g/mol. The second kappa shape index (κ2) is 9.42. The summed E-state index contributed by atoms with van der Waals surface area (Å²) in [5, 5.41) is 0. The molecule has 0 amide bonds. The first-order valence-corrected chi connectivity index (χ1v) is 9.39. The Morgan fingerprint density at radius 1 is 0.917 bits per heavy atom. The van der Waals surface area contributed by atoms with Crippen LogP contribution >= 0.6 is 0 Å². The van der Waals surface area contributed by atoms with Gasteiger partial charge in [-0.05, 0) is 17.7 Å². The molecule has 0 aliphatic carbocycles. The van der Waals surface area contributed by atoms with Crippen molar-refractivity contribution >= 4 is 10.1 Å². The number of hydrogen-bond donors (Lipinski definition) is 0. The van der Waals surface area contributed by atoms with Gasteiger partial charge in [-0.1, -0.05) is 48.5 Å². The highest BCUT2D eigenvalue weighted by molar-refractivity contribution is 7.87. The summed E-state index contributed by atoms with van der Waals surface area (Å²) in [4.78, 5) is 2.05. The summed E-state index contributed by atoms with van der Waals surface area (Å²) in [6.45, 7) is 2.26. The molecule has 0 bridgehead atoms. The highest BCUT2D eigenvalue weighted by atomic mass is 32.2. The summed E-state index contributed by atoms with van der Waals surface area (Å²) in [6, 6.07) is 18.5. The number of methoxy groups -OCH3 is 1. The second-order valence-corrected chi connectivity index (χ2v) is 7.10. The molecular formula is C18H23NO4S. The number of ether oxygens (including phenoxy) is 1. The average Bonchev–Trinajstić information content (AvgIpc) is 2.59. The molecule has 0 atom stereocenters. The van der Waals surface area contributed by atoms with E-state index in [9.17, 15) is 8.42 Å². The van der Waals surface area contributed by atoms with Gasteiger partial charge in [0.25, 0.3) is 0 Å². The summed E-state index contributed by atoms with van der Waals surface area (Å²) >= 11 is 0. The third-order valence-electron chi connectivity index (χ3n) is 3.48. The number of benzene rings is 2. The van der Waals surface area contributed by atoms with Crippen LogP contribution in [-0.2, 0) is 21.4 Å². The molecule has 0 heterocycles. The van der Waals surface area contributed by atoms with E-state index < -0.39 is 10.1 Å². The number of nitrogens with zero attached hydrogens (tertiary/aromatic N) is 1. The normalized spacial score (nSPS) is 11.6. The van der Waals surface area contributed by atoms with E-state index in [4.69, 9.17) is 8.92 Å². The van der Waals surface area contributed by atoms with Crippen LogP contribution in [0.3, 0.4) is 0 Å². The molecule has 0 aromatic heterocycles. The van der Waals surface area contributed by atoms with Gasteiger partial charge in [-0.15, -0.1) is 0 Å². The van der Waals surface area contributed by atoms with Crippen LogP contribution in [0.2, 0.25) is 0 Å². The Bertz CT molecular complexity index is 689. The van der Waals surface area contributed by atoms with E-state index in [2.05, 4.69) is 0 Å². The molecule has 0 saturated heterocycles. The van der Waals surface area contributed by atoms with Crippen LogP contribution in [0, 0.1) is 0 Å². The highest BCUT2D eigenvalue weighted by Crippen LogP contribution is 2.12. The lowest BCUT2D eigenvalue weighted by atomic mass is 10.2. The minimum Gasteiger partial charge on any atom is -0.383 e. The van der Waals surface area contributed by atoms with E-state index in [0.29, 0.717) is 32.0 Å². The number of hydrogen-bond acceptors (Lipinski definition) is 5. The predicted molar refractivity (Wildman–Crippen MR) is 94.5 cm³/mol. The first-order valence-electron chi connectivity index (χ1n) is 7.81. The van der Waals surface area contributed by atoms with Crippen LogP contribution in [0.1, 0.15) is 5.56 Å². The van der Waals surface area contributed by atoms with Gasteiger partial charge in [-0.3, -0.25) is 4.90 Å². The predicted octanol–water partition coefficient (Wildman–Crippen LogP) is 2.54. The molecule has 0 radical (unpaired) electrons. The van der Waals surface area contributed by atoms with Crippen molar-refractivity contribution in [2.75, 3.05) is 32.6 Å². The van der Waals surface area contributed by atoms with E-state index in [1.54, 1.807) is 31.4 Å². The van der Waals surface area contributed by atoms with Crippen LogP contribution in [0.15, 0.2) is 60.7 Å². The van der Waals surface area contributed by atoms with Gasteiger partial charge < -0.3 is 8.92 Å². The Morgan fingerprint density at radius 2 is 1.54 bits per heavy atom. The van der Waals surface area contributed by atoms with Crippen molar-refractivity contribution in [1.82, 2.24) is 4.90 Å². The van der Waals surface area contributed by atoms with Crippen LogP contribution in [0.5, 0.6) is 5.75 Å². The quantitative estimate of drug-likeness (QED) is 0.617. The molecule has 2 aromatic rings. The molecule has 2 rings (SSSR count). The molecule has 5 nitrogen and oxygen atoms in total. The van der Waals surface area contributed by atoms with Crippen molar-refractivity contribution in [3.63, 3.8) is 0 Å². The summed E-state index contributed by atoms with van der Waals surface area (Å²) in [6.07, 6.45) is 0. The molecule has 0 unspecified atom stereocenters. The molecule has 2 aromatic carbocycles. The first kappa shape index (κ1) is 18.4. The molecule has 0 saturated carbocycles. The summed E-state index contributed by atoms with van der Waals surface area (Å²) < 4.78 is 34.5. The van der Waals surface area contributed by atoms with Crippen molar-refractivity contribution in [2.24, 2.45) is 0 Å². The summed E-state index contributed by atoms with van der Waals surface area (Å²) in [5.41, 5.74) is 1.13. The van der Waals surface area contributed by atoms with Crippen molar-refractivity contribution in [1.29, 1.82) is 0 Å². The van der Waals surface area contributed by atoms with E-state index >= 15 is 0 Å². The van der Waals surface area contributed by atoms with Gasteiger partial charge in [-0.25, -0.2) is 0 Å². The van der Waals surface area contributed by atoms with E-state index in [1.807, 2.05) is 41.3 Å². The largest absolute Gasteiger partial charge is 0.383 e. The Balaban J connectivity index is 1.93. The Morgan fingerprint density at radius 3 is 2.17 bits per heavy atom. The zero-order valence-electron chi connectivity index (χ0n) is 13.8. The molecule has 6 heteroatoms. The standard InChI is InChI=1S/C18H23NO4S/c1-22-14-12-19(16-17-8-4-2-5-9-17)13-15-24(20,21)23-18-10-6-3-7-11-18/h2-11H,12-16H2,1H3. The van der Waals surface area contributed by atoms with Gasteiger partial charge in [-0.2, -0.15) is 8.42 Å². The molecule has 0 aliphatic heterocycles. The van der Waals surface area contributed by atoms with E-state index in [0.717, 1.165) is 5.56 Å². The fourth-order valence-electron chi connectivity index (χ4n) is 2.24.